The van der Waals surface area contributed by atoms with E-state index in [9.17, 15) is 9.36 Å². The number of carboxylic acid groups (broad SMARTS) is 1. The third-order valence-electron chi connectivity index (χ3n) is 0.356. The summed E-state index contributed by atoms with van der Waals surface area (Å²) in [5.74, 6) is -1.42. The van der Waals surface area contributed by atoms with Gasteiger partial charge in [0.2, 0.25) is 0 Å². The molecule has 3 N–H and O–H groups in total. The van der Waals surface area contributed by atoms with Gasteiger partial charge >= 0.3 is 51.5 Å². The van der Waals surface area contributed by atoms with Crippen LogP contribution in [-0.2, 0) is 13.9 Å². The summed E-state index contributed by atoms with van der Waals surface area (Å²) in [4.78, 5) is 25.4. The van der Waals surface area contributed by atoms with Gasteiger partial charge in [-0.2, -0.15) is 0 Å². The van der Waals surface area contributed by atoms with Crippen LogP contribution in [0.25, 0.3) is 0 Å². The maximum atomic E-state index is 9.74. The van der Waals surface area contributed by atoms with E-state index in [1.807, 2.05) is 0 Å². The van der Waals surface area contributed by atoms with Crippen LogP contribution in [0.2, 0.25) is 0 Å². The van der Waals surface area contributed by atoms with Crippen LogP contribution in [0.5, 0.6) is 0 Å². The van der Waals surface area contributed by atoms with E-state index in [0.29, 0.717) is 0 Å². The molecule has 0 saturated heterocycles. The molecule has 0 heterocycles. The van der Waals surface area contributed by atoms with Crippen molar-refractivity contribution in [2.75, 3.05) is 6.61 Å². The molecule has 0 aliphatic heterocycles. The van der Waals surface area contributed by atoms with E-state index in [0.717, 1.165) is 0 Å². The first-order valence-corrected chi connectivity index (χ1v) is 3.37. The number of carbonyl (C=O) groups is 1. The molecule has 0 spiro atoms. The van der Waals surface area contributed by atoms with Crippen molar-refractivity contribution in [2.45, 2.75) is 0 Å². The quantitative estimate of drug-likeness (QED) is 0.398. The van der Waals surface area contributed by atoms with E-state index in [1.54, 1.807) is 0 Å². The predicted molar refractivity (Wildman–Crippen MR) is 33.6 cm³/mol. The van der Waals surface area contributed by atoms with E-state index in [-0.39, 0.29) is 40.6 Å². The number of aliphatic carboxylic acids is 1. The van der Waals surface area contributed by atoms with Crippen molar-refractivity contribution in [1.82, 2.24) is 0 Å². The Labute approximate surface area is 89.4 Å². The Morgan fingerprint density at radius 3 is 2.10 bits per heavy atom. The first-order valence-electron chi connectivity index (χ1n) is 1.84. The van der Waals surface area contributed by atoms with Crippen molar-refractivity contribution in [3.63, 3.8) is 0 Å². The summed E-state index contributed by atoms with van der Waals surface area (Å²) < 4.78 is 13.3. The van der Waals surface area contributed by atoms with Crippen molar-refractivity contribution < 1.29 is 31.6 Å². The molecule has 0 amide bonds. The van der Waals surface area contributed by atoms with Gasteiger partial charge < -0.3 is 17.7 Å². The molecule has 0 aromatic heterocycles. The maximum Gasteiger partial charge on any atom is 2.00 e. The Bertz CT molecular complexity index is 158. The van der Waals surface area contributed by atoms with Crippen LogP contribution in [0.15, 0.2) is 0 Å². The molecular weight excluding hydrogens is 191 g/mol. The topological polar surface area (TPSA) is 104 Å². The molecule has 0 unspecified atom stereocenters. The fraction of sp³-hybridized carbons (Fsp3) is 0.500. The SMILES string of the molecule is O=C(O)COP(=O)(O)O.[Ca+2].[H-].[H-]. The molecule has 0 radical (unpaired) electrons. The molecule has 0 fully saturated rings. The molecule has 6 nitrogen and oxygen atoms in total. The van der Waals surface area contributed by atoms with Crippen LogP contribution in [0, 0.1) is 0 Å². The second-order valence-corrected chi connectivity index (χ2v) is 2.40. The minimum absolute atomic E-state index is 0. The Morgan fingerprint density at radius 1 is 1.60 bits per heavy atom. The molecule has 0 rings (SSSR count). The number of hydrogen-bond acceptors (Lipinski definition) is 3. The second kappa shape index (κ2) is 5.49. The predicted octanol–water partition coefficient (Wildman–Crippen LogP) is -0.976. The van der Waals surface area contributed by atoms with Crippen LogP contribution in [0.1, 0.15) is 2.85 Å². The summed E-state index contributed by atoms with van der Waals surface area (Å²) in [5, 5.41) is 7.81. The smallest absolute Gasteiger partial charge is 1.00 e. The molecule has 0 aromatic rings. The molecule has 0 saturated carbocycles. The second-order valence-electron chi connectivity index (χ2n) is 1.16. The minimum Gasteiger partial charge on any atom is -1.00 e. The van der Waals surface area contributed by atoms with Crippen molar-refractivity contribution in [2.24, 2.45) is 0 Å². The molecule has 0 aliphatic rings. The minimum atomic E-state index is -4.60. The number of hydrogen-bond donors (Lipinski definition) is 3. The summed E-state index contributed by atoms with van der Waals surface area (Å²) >= 11 is 0. The Morgan fingerprint density at radius 2 is 2.00 bits per heavy atom. The zero-order valence-corrected chi connectivity index (χ0v) is 8.03. The van der Waals surface area contributed by atoms with E-state index in [1.165, 1.54) is 0 Å². The fourth-order valence-electron chi connectivity index (χ4n) is 0.139. The molecule has 58 valence electrons. The Balaban J connectivity index is -0.000000107. The number of carboxylic acids is 1. The van der Waals surface area contributed by atoms with Gasteiger partial charge in [0.15, 0.2) is 6.61 Å². The van der Waals surface area contributed by atoms with Crippen molar-refractivity contribution in [3.8, 4) is 0 Å². The maximum absolute atomic E-state index is 9.74. The van der Waals surface area contributed by atoms with E-state index < -0.39 is 20.4 Å². The molecular formula is C2H7CaO6P. The van der Waals surface area contributed by atoms with Gasteiger partial charge in [-0.05, 0) is 0 Å². The van der Waals surface area contributed by atoms with Crippen LogP contribution in [0.4, 0.5) is 0 Å². The fourth-order valence-corrected chi connectivity index (χ4v) is 0.418. The zero-order valence-electron chi connectivity index (χ0n) is 6.93. The van der Waals surface area contributed by atoms with Gasteiger partial charge in [0.05, 0.1) is 0 Å². The van der Waals surface area contributed by atoms with E-state index in [4.69, 9.17) is 14.9 Å². The number of phosphoric ester groups is 1. The van der Waals surface area contributed by atoms with E-state index >= 15 is 0 Å². The summed E-state index contributed by atoms with van der Waals surface area (Å²) in [7, 11) is -4.60. The van der Waals surface area contributed by atoms with Gasteiger partial charge in [-0.3, -0.25) is 4.52 Å². The first kappa shape index (κ1) is 13.4. The summed E-state index contributed by atoms with van der Waals surface area (Å²) in [6, 6.07) is 0. The van der Waals surface area contributed by atoms with Gasteiger partial charge in [0.1, 0.15) is 0 Å². The van der Waals surface area contributed by atoms with Crippen LogP contribution < -0.4 is 0 Å². The number of phosphoric acid groups is 1. The summed E-state index contributed by atoms with van der Waals surface area (Å²) in [5.41, 5.74) is 0. The third kappa shape index (κ3) is 11.6. The van der Waals surface area contributed by atoms with Gasteiger partial charge in [-0.25, -0.2) is 9.36 Å². The third-order valence-corrected chi connectivity index (χ3v) is 0.822. The average Bonchev–Trinajstić information content (AvgIpc) is 1.59. The summed E-state index contributed by atoms with van der Waals surface area (Å²) in [6.45, 7) is -0.982. The zero-order chi connectivity index (χ0) is 7.49. The molecule has 0 aliphatic carbocycles. The molecule has 10 heavy (non-hydrogen) atoms. The normalized spacial score (nSPS) is 10.2. The van der Waals surface area contributed by atoms with Crippen molar-refractivity contribution in [3.05, 3.63) is 0 Å². The van der Waals surface area contributed by atoms with E-state index in [2.05, 4.69) is 4.52 Å². The van der Waals surface area contributed by atoms with Crippen LogP contribution in [-0.4, -0.2) is 65.2 Å². The van der Waals surface area contributed by atoms with Gasteiger partial charge in [-0.15, -0.1) is 0 Å². The van der Waals surface area contributed by atoms with Gasteiger partial charge in [-0.1, -0.05) is 0 Å². The molecule has 8 heteroatoms. The Hall–Kier alpha value is 0.840. The molecule has 0 aromatic carbocycles. The monoisotopic (exact) mass is 198 g/mol. The van der Waals surface area contributed by atoms with Gasteiger partial charge in [0.25, 0.3) is 0 Å². The van der Waals surface area contributed by atoms with Crippen LogP contribution >= 0.6 is 7.82 Å². The Kier molecular flexibility index (Phi) is 7.37. The number of rotatable bonds is 3. The summed E-state index contributed by atoms with van der Waals surface area (Å²) in [6.07, 6.45) is 0. The van der Waals surface area contributed by atoms with Crippen LogP contribution in [0.3, 0.4) is 0 Å². The van der Waals surface area contributed by atoms with Gasteiger partial charge in [0, 0.05) is 0 Å². The molecule has 0 bridgehead atoms. The largest absolute Gasteiger partial charge is 2.00 e. The first-order chi connectivity index (χ1) is 3.92. The van der Waals surface area contributed by atoms with Crippen molar-refractivity contribution in [1.29, 1.82) is 0 Å². The average molecular weight is 198 g/mol. The van der Waals surface area contributed by atoms with Crippen molar-refractivity contribution >= 4 is 51.5 Å². The standard InChI is InChI=1S/C2H5O6P.Ca.2H/c3-2(4)1-8-9(5,6)7;;;/h1H2,(H,3,4)(H2,5,6,7);;;/q;+2;2*-1. The molecule has 0 atom stereocenters.